The molecule has 0 amide bonds. The molecule has 5 nitrogen and oxygen atoms in total. The van der Waals surface area contributed by atoms with Crippen molar-refractivity contribution in [1.82, 2.24) is 0 Å². The van der Waals surface area contributed by atoms with Crippen LogP contribution in [0.3, 0.4) is 0 Å². The molecule has 1 aliphatic heterocycles. The largest absolute Gasteiger partial charge is 0.427 e. The summed E-state index contributed by atoms with van der Waals surface area (Å²) in [4.78, 5) is 26.7. The van der Waals surface area contributed by atoms with Crippen molar-refractivity contribution in [3.8, 4) is 0 Å². The van der Waals surface area contributed by atoms with Crippen molar-refractivity contribution < 1.29 is 23.8 Å². The summed E-state index contributed by atoms with van der Waals surface area (Å²) >= 11 is 0. The average molecular weight is 398 g/mol. The van der Waals surface area contributed by atoms with Crippen LogP contribution in [-0.2, 0) is 19.0 Å². The van der Waals surface area contributed by atoms with Crippen molar-refractivity contribution in [3.63, 3.8) is 0 Å². The Labute approximate surface area is 172 Å². The van der Waals surface area contributed by atoms with Crippen molar-refractivity contribution in [3.05, 3.63) is 47.7 Å². The van der Waals surface area contributed by atoms with Gasteiger partial charge in [0.15, 0.2) is 5.78 Å². The normalized spacial score (nSPS) is 39.8. The maximum atomic E-state index is 13.9. The highest BCUT2D eigenvalue weighted by atomic mass is 16.7. The summed E-state index contributed by atoms with van der Waals surface area (Å²) in [6.45, 7) is 12.4. The van der Waals surface area contributed by atoms with Crippen LogP contribution < -0.4 is 0 Å². The summed E-state index contributed by atoms with van der Waals surface area (Å²) in [7, 11) is 0. The second-order valence-electron chi connectivity index (χ2n) is 9.53. The van der Waals surface area contributed by atoms with Crippen molar-refractivity contribution in [2.75, 3.05) is 6.61 Å². The van der Waals surface area contributed by atoms with E-state index < -0.39 is 28.2 Å². The second-order valence-corrected chi connectivity index (χ2v) is 9.53. The smallest absolute Gasteiger partial charge is 0.343 e. The summed E-state index contributed by atoms with van der Waals surface area (Å²) in [5.41, 5.74) is -1.77. The van der Waals surface area contributed by atoms with Gasteiger partial charge in [0, 0.05) is 12.7 Å². The number of hydrogen-bond donors (Lipinski definition) is 0. The number of allylic oxidation sites excluding steroid dienone is 1. The zero-order chi connectivity index (χ0) is 21.2. The predicted molar refractivity (Wildman–Crippen MR) is 108 cm³/mol. The van der Waals surface area contributed by atoms with E-state index in [4.69, 9.17) is 14.2 Å². The van der Waals surface area contributed by atoms with E-state index >= 15 is 0 Å². The van der Waals surface area contributed by atoms with E-state index in [1.165, 1.54) is 0 Å². The quantitative estimate of drug-likeness (QED) is 0.698. The van der Waals surface area contributed by atoms with E-state index in [-0.39, 0.29) is 17.6 Å². The van der Waals surface area contributed by atoms with Gasteiger partial charge in [0.2, 0.25) is 5.79 Å². The van der Waals surface area contributed by atoms with E-state index in [1.54, 1.807) is 30.3 Å². The summed E-state index contributed by atoms with van der Waals surface area (Å²) in [5.74, 6) is -1.17. The zero-order valence-electron chi connectivity index (χ0n) is 18.1. The number of benzene rings is 1. The summed E-state index contributed by atoms with van der Waals surface area (Å²) in [5, 5.41) is 0. The van der Waals surface area contributed by atoms with Crippen molar-refractivity contribution in [2.24, 2.45) is 22.7 Å². The highest BCUT2D eigenvalue weighted by molar-refractivity contribution is 5.98. The van der Waals surface area contributed by atoms with Crippen LogP contribution in [-0.4, -0.2) is 29.7 Å². The molecule has 4 rings (SSSR count). The van der Waals surface area contributed by atoms with Crippen LogP contribution in [0.15, 0.2) is 42.2 Å². The third-order valence-corrected chi connectivity index (χ3v) is 7.58. The standard InChI is InChI=1S/C24H30O5/c1-7-27-24-14-18(28-19(25)16-11-9-8-10-12-16)22(5)13-17(21(3,4)29-24)15(2)23(24,6)20(22)26/h8-12,14-15,17H,7,13H2,1-6H3/t15-,17+,22+,23+,24-/m1/s1. The molecule has 3 bridgehead atoms. The van der Waals surface area contributed by atoms with Gasteiger partial charge in [0.05, 0.1) is 22.0 Å². The second kappa shape index (κ2) is 6.26. The monoisotopic (exact) mass is 398 g/mol. The summed E-state index contributed by atoms with van der Waals surface area (Å²) in [6, 6.07) is 8.81. The van der Waals surface area contributed by atoms with Crippen LogP contribution in [0.5, 0.6) is 0 Å². The summed E-state index contributed by atoms with van der Waals surface area (Å²) in [6.07, 6.45) is 2.35. The van der Waals surface area contributed by atoms with Crippen LogP contribution >= 0.6 is 0 Å². The fourth-order valence-electron chi connectivity index (χ4n) is 5.82. The molecule has 2 aliphatic carbocycles. The fraction of sp³-hybridized carbons (Fsp3) is 0.583. The third kappa shape index (κ3) is 2.53. The van der Waals surface area contributed by atoms with Crippen LogP contribution in [0.2, 0.25) is 0 Å². The van der Waals surface area contributed by atoms with Gasteiger partial charge >= 0.3 is 5.97 Å². The Morgan fingerprint density at radius 1 is 1.17 bits per heavy atom. The van der Waals surface area contributed by atoms with Crippen LogP contribution in [0.25, 0.3) is 0 Å². The maximum absolute atomic E-state index is 13.9. The minimum Gasteiger partial charge on any atom is -0.427 e. The van der Waals surface area contributed by atoms with Gasteiger partial charge in [-0.2, -0.15) is 0 Å². The van der Waals surface area contributed by atoms with Crippen LogP contribution in [0.1, 0.15) is 58.3 Å². The van der Waals surface area contributed by atoms with Gasteiger partial charge in [-0.05, 0) is 65.0 Å². The van der Waals surface area contributed by atoms with Gasteiger partial charge in [-0.15, -0.1) is 0 Å². The average Bonchev–Trinajstić information content (AvgIpc) is 2.67. The molecule has 0 radical (unpaired) electrons. The third-order valence-electron chi connectivity index (χ3n) is 7.58. The molecule has 5 heteroatoms. The van der Waals surface area contributed by atoms with E-state index in [9.17, 15) is 9.59 Å². The molecule has 2 fully saturated rings. The van der Waals surface area contributed by atoms with E-state index in [1.807, 2.05) is 26.8 Å². The van der Waals surface area contributed by atoms with E-state index in [0.29, 0.717) is 24.4 Å². The molecule has 0 spiro atoms. The van der Waals surface area contributed by atoms with Crippen molar-refractivity contribution in [1.29, 1.82) is 0 Å². The first-order valence-electron chi connectivity index (χ1n) is 10.4. The minimum absolute atomic E-state index is 0.0241. The number of carbonyl (C=O) groups excluding carboxylic acids is 2. The van der Waals surface area contributed by atoms with Gasteiger partial charge in [0.25, 0.3) is 0 Å². The Morgan fingerprint density at radius 2 is 1.83 bits per heavy atom. The molecule has 1 aromatic carbocycles. The molecule has 1 aromatic rings. The lowest BCUT2D eigenvalue weighted by atomic mass is 9.44. The van der Waals surface area contributed by atoms with Crippen molar-refractivity contribution >= 4 is 11.8 Å². The van der Waals surface area contributed by atoms with Gasteiger partial charge in [-0.1, -0.05) is 25.1 Å². The molecule has 0 aromatic heterocycles. The molecular weight excluding hydrogens is 368 g/mol. The van der Waals surface area contributed by atoms with Gasteiger partial charge in [0.1, 0.15) is 5.76 Å². The first kappa shape index (κ1) is 20.3. The Bertz CT molecular complexity index is 888. The topological polar surface area (TPSA) is 61.8 Å². The minimum atomic E-state index is -1.26. The number of Topliss-reactive ketones (excluding diaryl/α,β-unsaturated/α-hetero) is 1. The van der Waals surface area contributed by atoms with Gasteiger partial charge in [-0.3, -0.25) is 4.79 Å². The number of rotatable bonds is 4. The van der Waals surface area contributed by atoms with Crippen molar-refractivity contribution in [2.45, 2.75) is 59.4 Å². The Balaban J connectivity index is 1.87. The molecule has 1 saturated carbocycles. The molecular formula is C24H30O5. The number of ether oxygens (including phenoxy) is 3. The molecule has 3 aliphatic rings. The van der Waals surface area contributed by atoms with E-state index in [2.05, 4.69) is 20.8 Å². The number of fused-ring (bicyclic) bond motifs is 2. The number of carbonyl (C=O) groups is 2. The Hall–Kier alpha value is -1.98. The molecule has 1 heterocycles. The fourth-order valence-corrected chi connectivity index (χ4v) is 5.82. The zero-order valence-corrected chi connectivity index (χ0v) is 18.1. The Morgan fingerprint density at radius 3 is 2.45 bits per heavy atom. The van der Waals surface area contributed by atoms with Gasteiger partial charge in [-0.25, -0.2) is 4.79 Å². The lowest BCUT2D eigenvalue weighted by Crippen LogP contribution is -2.75. The maximum Gasteiger partial charge on any atom is 0.343 e. The molecule has 5 atom stereocenters. The predicted octanol–water partition coefficient (Wildman–Crippen LogP) is 4.52. The molecule has 1 saturated heterocycles. The van der Waals surface area contributed by atoms with E-state index in [0.717, 1.165) is 0 Å². The number of ketones is 1. The van der Waals surface area contributed by atoms with Crippen LogP contribution in [0.4, 0.5) is 0 Å². The van der Waals surface area contributed by atoms with Gasteiger partial charge < -0.3 is 14.2 Å². The summed E-state index contributed by atoms with van der Waals surface area (Å²) < 4.78 is 18.6. The number of esters is 1. The molecule has 0 unspecified atom stereocenters. The Kier molecular flexibility index (Phi) is 4.38. The molecule has 156 valence electrons. The first-order valence-corrected chi connectivity index (χ1v) is 10.4. The van der Waals surface area contributed by atoms with Crippen LogP contribution in [0, 0.1) is 22.7 Å². The molecule has 29 heavy (non-hydrogen) atoms. The highest BCUT2D eigenvalue weighted by Crippen LogP contribution is 2.68. The number of hydrogen-bond acceptors (Lipinski definition) is 5. The highest BCUT2D eigenvalue weighted by Gasteiger charge is 2.75. The lowest BCUT2D eigenvalue weighted by molar-refractivity contribution is -0.367. The lowest BCUT2D eigenvalue weighted by Gasteiger charge is -2.67. The first-order chi connectivity index (χ1) is 13.5. The molecule has 0 N–H and O–H groups in total. The SMILES string of the molecule is CCO[C@@]12C=C(OC(=O)c3ccccc3)[C@]3(C)C[C@@H]([C@@H](C)[C@@]1(C)C3=O)C(C)(C)O2.